The van der Waals surface area contributed by atoms with Crippen molar-refractivity contribution in [3.8, 4) is 0 Å². The lowest BCUT2D eigenvalue weighted by atomic mass is 9.80. The molecule has 0 saturated heterocycles. The summed E-state index contributed by atoms with van der Waals surface area (Å²) in [6.45, 7) is 0. The Morgan fingerprint density at radius 1 is 1.10 bits per heavy atom. The van der Waals surface area contributed by atoms with E-state index in [0.29, 0.717) is 25.7 Å². The first-order chi connectivity index (χ1) is 9.70. The van der Waals surface area contributed by atoms with Gasteiger partial charge >= 0.3 is 5.97 Å². The lowest BCUT2D eigenvalue weighted by Crippen LogP contribution is -2.32. The van der Waals surface area contributed by atoms with Gasteiger partial charge < -0.3 is 5.11 Å². The molecule has 0 amide bonds. The highest BCUT2D eigenvalue weighted by molar-refractivity contribution is 5.77. The summed E-state index contributed by atoms with van der Waals surface area (Å²) in [7, 11) is 0. The second-order valence-electron chi connectivity index (χ2n) is 5.53. The molecule has 0 unspecified atom stereocenters. The summed E-state index contributed by atoms with van der Waals surface area (Å²) >= 11 is 0. The molecule has 0 bridgehead atoms. The first-order valence-corrected chi connectivity index (χ1v) is 6.90. The molecule has 0 radical (unpaired) electrons. The van der Waals surface area contributed by atoms with E-state index in [1.165, 1.54) is 11.1 Å². The molecule has 3 heteroatoms. The van der Waals surface area contributed by atoms with Crippen molar-refractivity contribution in [2.24, 2.45) is 5.41 Å². The van der Waals surface area contributed by atoms with Crippen molar-refractivity contribution in [2.45, 2.75) is 25.7 Å². The largest absolute Gasteiger partial charge is 0.481 e. The average Bonchev–Trinajstić information content (AvgIpc) is 2.86. The Labute approximate surface area is 118 Å². The van der Waals surface area contributed by atoms with Gasteiger partial charge in [0.15, 0.2) is 0 Å². The van der Waals surface area contributed by atoms with Crippen LogP contribution in [0.3, 0.4) is 0 Å². The Kier molecular flexibility index (Phi) is 3.26. The van der Waals surface area contributed by atoms with Gasteiger partial charge in [0.1, 0.15) is 0 Å². The second-order valence-corrected chi connectivity index (χ2v) is 5.53. The number of hydrogen-bond acceptors (Lipinski definition) is 2. The van der Waals surface area contributed by atoms with Crippen LogP contribution in [0.15, 0.2) is 48.7 Å². The Morgan fingerprint density at radius 3 is 2.30 bits per heavy atom. The van der Waals surface area contributed by atoms with Crippen LogP contribution in [0.5, 0.6) is 0 Å². The van der Waals surface area contributed by atoms with Crippen molar-refractivity contribution < 1.29 is 9.90 Å². The number of fused-ring (bicyclic) bond motifs is 1. The van der Waals surface area contributed by atoms with Gasteiger partial charge in [-0.15, -0.1) is 0 Å². The highest BCUT2D eigenvalue weighted by Gasteiger charge is 2.43. The summed E-state index contributed by atoms with van der Waals surface area (Å²) in [5.74, 6) is -0.690. The molecule has 0 atom stereocenters. The molecular weight excluding hydrogens is 250 g/mol. The molecule has 1 aliphatic carbocycles. The van der Waals surface area contributed by atoms with E-state index in [9.17, 15) is 9.90 Å². The predicted octanol–water partition coefficient (Wildman–Crippen LogP) is 2.88. The lowest BCUT2D eigenvalue weighted by Gasteiger charge is -2.23. The van der Waals surface area contributed by atoms with Crippen LogP contribution in [0, 0.1) is 5.41 Å². The molecule has 0 fully saturated rings. The molecule has 3 nitrogen and oxygen atoms in total. The molecule has 1 aliphatic rings. The van der Waals surface area contributed by atoms with Crippen molar-refractivity contribution in [1.82, 2.24) is 4.98 Å². The number of benzene rings is 1. The number of aromatic nitrogens is 1. The Bertz CT molecular complexity index is 597. The lowest BCUT2D eigenvalue weighted by molar-refractivity contribution is -0.148. The van der Waals surface area contributed by atoms with Gasteiger partial charge in [0.25, 0.3) is 0 Å². The Morgan fingerprint density at radius 2 is 1.75 bits per heavy atom. The third kappa shape index (κ3) is 2.31. The number of aryl methyl sites for hydroxylation is 1. The number of carbonyl (C=O) groups is 1. The number of nitrogens with zero attached hydrogens (tertiary/aromatic N) is 1. The molecule has 1 heterocycles. The van der Waals surface area contributed by atoms with Crippen LogP contribution < -0.4 is 0 Å². The van der Waals surface area contributed by atoms with Gasteiger partial charge in [-0.05, 0) is 48.9 Å². The minimum Gasteiger partial charge on any atom is -0.481 e. The molecular formula is C17H17NO2. The van der Waals surface area contributed by atoms with Gasteiger partial charge in [0.2, 0.25) is 0 Å². The molecule has 1 aromatic heterocycles. The zero-order chi connectivity index (χ0) is 14.0. The monoisotopic (exact) mass is 267 g/mol. The van der Waals surface area contributed by atoms with E-state index in [2.05, 4.69) is 4.98 Å². The van der Waals surface area contributed by atoms with E-state index in [1.807, 2.05) is 42.5 Å². The van der Waals surface area contributed by atoms with Crippen molar-refractivity contribution in [2.75, 3.05) is 0 Å². The highest BCUT2D eigenvalue weighted by Crippen LogP contribution is 2.40. The van der Waals surface area contributed by atoms with Crippen molar-refractivity contribution >= 4 is 5.97 Å². The van der Waals surface area contributed by atoms with E-state index in [0.717, 1.165) is 5.69 Å². The summed E-state index contributed by atoms with van der Waals surface area (Å²) in [6.07, 6.45) is 4.36. The molecule has 0 aliphatic heterocycles. The van der Waals surface area contributed by atoms with E-state index in [4.69, 9.17) is 0 Å². The average molecular weight is 267 g/mol. The molecule has 0 saturated carbocycles. The maximum atomic E-state index is 11.8. The van der Waals surface area contributed by atoms with Crippen LogP contribution in [0.25, 0.3) is 0 Å². The molecule has 2 aromatic rings. The van der Waals surface area contributed by atoms with Crippen molar-refractivity contribution in [3.05, 3.63) is 65.5 Å². The van der Waals surface area contributed by atoms with E-state index < -0.39 is 11.4 Å². The summed E-state index contributed by atoms with van der Waals surface area (Å²) < 4.78 is 0. The van der Waals surface area contributed by atoms with Gasteiger partial charge in [0, 0.05) is 11.9 Å². The molecule has 20 heavy (non-hydrogen) atoms. The van der Waals surface area contributed by atoms with E-state index in [1.54, 1.807) is 6.20 Å². The molecule has 1 N–H and O–H groups in total. The minimum absolute atomic E-state index is 0.630. The number of carboxylic acids is 1. The summed E-state index contributed by atoms with van der Waals surface area (Å²) in [6, 6.07) is 13.8. The van der Waals surface area contributed by atoms with Gasteiger partial charge in [-0.2, -0.15) is 0 Å². The molecule has 1 aromatic carbocycles. The zero-order valence-corrected chi connectivity index (χ0v) is 11.2. The van der Waals surface area contributed by atoms with Crippen LogP contribution >= 0.6 is 0 Å². The fourth-order valence-corrected chi connectivity index (χ4v) is 3.04. The van der Waals surface area contributed by atoms with Gasteiger partial charge in [-0.1, -0.05) is 30.3 Å². The number of carboxylic acid groups (broad SMARTS) is 1. The quantitative estimate of drug-likeness (QED) is 0.926. The maximum absolute atomic E-state index is 11.8. The smallest absolute Gasteiger partial charge is 0.310 e. The maximum Gasteiger partial charge on any atom is 0.310 e. The van der Waals surface area contributed by atoms with Crippen LogP contribution in [-0.4, -0.2) is 16.1 Å². The molecule has 102 valence electrons. The first-order valence-electron chi connectivity index (χ1n) is 6.90. The van der Waals surface area contributed by atoms with Crippen LogP contribution in [0.2, 0.25) is 0 Å². The van der Waals surface area contributed by atoms with Crippen molar-refractivity contribution in [3.63, 3.8) is 0 Å². The SMILES string of the molecule is O=C(O)C1(CCc2ccccn2)Cc2ccccc2C1. The summed E-state index contributed by atoms with van der Waals surface area (Å²) in [4.78, 5) is 16.1. The Balaban J connectivity index is 1.80. The Hall–Kier alpha value is -2.16. The van der Waals surface area contributed by atoms with Gasteiger partial charge in [0.05, 0.1) is 5.41 Å². The minimum atomic E-state index is -0.690. The summed E-state index contributed by atoms with van der Waals surface area (Å²) in [5, 5.41) is 9.69. The van der Waals surface area contributed by atoms with Crippen LogP contribution in [0.4, 0.5) is 0 Å². The van der Waals surface area contributed by atoms with Gasteiger partial charge in [-0.3, -0.25) is 9.78 Å². The predicted molar refractivity (Wildman–Crippen MR) is 76.5 cm³/mol. The normalized spacial score (nSPS) is 15.8. The second kappa shape index (κ2) is 5.08. The van der Waals surface area contributed by atoms with Gasteiger partial charge in [-0.25, -0.2) is 0 Å². The van der Waals surface area contributed by atoms with E-state index in [-0.39, 0.29) is 0 Å². The highest BCUT2D eigenvalue weighted by atomic mass is 16.4. The topological polar surface area (TPSA) is 50.2 Å². The fraction of sp³-hybridized carbons (Fsp3) is 0.294. The van der Waals surface area contributed by atoms with Crippen LogP contribution in [-0.2, 0) is 24.1 Å². The number of pyridine rings is 1. The fourth-order valence-electron chi connectivity index (χ4n) is 3.04. The number of rotatable bonds is 4. The summed E-state index contributed by atoms with van der Waals surface area (Å²) in [5.41, 5.74) is 2.65. The van der Waals surface area contributed by atoms with Crippen LogP contribution in [0.1, 0.15) is 23.2 Å². The number of hydrogen-bond donors (Lipinski definition) is 1. The van der Waals surface area contributed by atoms with E-state index >= 15 is 0 Å². The first kappa shape index (κ1) is 12.9. The number of aliphatic carboxylic acids is 1. The molecule has 3 rings (SSSR count). The third-order valence-corrected chi connectivity index (χ3v) is 4.22. The van der Waals surface area contributed by atoms with Crippen molar-refractivity contribution in [1.29, 1.82) is 0 Å². The zero-order valence-electron chi connectivity index (χ0n) is 11.2. The molecule has 0 spiro atoms. The standard InChI is InChI=1S/C17H17NO2/c19-16(20)17(9-8-15-7-3-4-10-18-15)11-13-5-1-2-6-14(13)12-17/h1-7,10H,8-9,11-12H2,(H,19,20). The third-order valence-electron chi connectivity index (χ3n) is 4.22.